The zero-order chi connectivity index (χ0) is 13.1. The van der Waals surface area contributed by atoms with E-state index in [4.69, 9.17) is 5.73 Å². The fraction of sp³-hybridized carbons (Fsp3) is 0.500. The quantitative estimate of drug-likeness (QED) is 0.815. The zero-order valence-electron chi connectivity index (χ0n) is 10.6. The van der Waals surface area contributed by atoms with Crippen LogP contribution in [0.2, 0.25) is 0 Å². The summed E-state index contributed by atoms with van der Waals surface area (Å²) in [6, 6.07) is 3.79. The van der Waals surface area contributed by atoms with Crippen molar-refractivity contribution in [1.82, 2.24) is 0 Å². The molecular weight excluding hydrogens is 292 g/mol. The molecule has 0 spiro atoms. The first kappa shape index (κ1) is 13.4. The summed E-state index contributed by atoms with van der Waals surface area (Å²) in [7, 11) is 0. The molecular formula is C14H19BrN2O. The third-order valence-electron chi connectivity index (χ3n) is 3.55. The topological polar surface area (TPSA) is 55.1 Å². The highest BCUT2D eigenvalue weighted by Gasteiger charge is 2.22. The van der Waals surface area contributed by atoms with E-state index in [1.54, 1.807) is 0 Å². The Labute approximate surface area is 116 Å². The Hall–Kier alpha value is -1.03. The molecule has 3 nitrogen and oxygen atoms in total. The van der Waals surface area contributed by atoms with Crippen molar-refractivity contribution < 1.29 is 4.79 Å². The predicted molar refractivity (Wildman–Crippen MR) is 78.5 cm³/mol. The van der Waals surface area contributed by atoms with E-state index in [-0.39, 0.29) is 11.8 Å². The minimum absolute atomic E-state index is 0.117. The van der Waals surface area contributed by atoms with E-state index < -0.39 is 0 Å². The van der Waals surface area contributed by atoms with Crippen molar-refractivity contribution in [3.8, 4) is 0 Å². The Morgan fingerprint density at radius 1 is 1.33 bits per heavy atom. The molecule has 1 aliphatic rings. The van der Waals surface area contributed by atoms with E-state index >= 15 is 0 Å². The summed E-state index contributed by atoms with van der Waals surface area (Å²) in [6.45, 7) is 1.96. The Bertz CT molecular complexity index is 430. The first-order chi connectivity index (χ1) is 8.58. The number of nitrogen functional groups attached to an aromatic ring is 1. The van der Waals surface area contributed by atoms with Crippen molar-refractivity contribution in [3.05, 3.63) is 22.2 Å². The minimum atomic E-state index is 0.117. The first-order valence-electron chi connectivity index (χ1n) is 6.44. The van der Waals surface area contributed by atoms with Crippen LogP contribution in [0.4, 0.5) is 11.4 Å². The standard InChI is InChI=1S/C14H19BrN2O/c1-9-7-11(15)8-12(16)13(9)17-14(18)10-5-3-2-4-6-10/h7-8,10H,2-6,16H2,1H3,(H,17,18). The molecule has 0 saturated heterocycles. The van der Waals surface area contributed by atoms with Crippen LogP contribution < -0.4 is 11.1 Å². The van der Waals surface area contributed by atoms with Crippen molar-refractivity contribution in [2.75, 3.05) is 11.1 Å². The normalized spacial score (nSPS) is 16.6. The van der Waals surface area contributed by atoms with Crippen LogP contribution >= 0.6 is 15.9 Å². The summed E-state index contributed by atoms with van der Waals surface area (Å²) in [5.41, 5.74) is 8.32. The van der Waals surface area contributed by atoms with Gasteiger partial charge in [-0.2, -0.15) is 0 Å². The molecule has 0 atom stereocenters. The van der Waals surface area contributed by atoms with Gasteiger partial charge >= 0.3 is 0 Å². The second-order valence-electron chi connectivity index (χ2n) is 5.01. The zero-order valence-corrected chi connectivity index (χ0v) is 12.2. The highest BCUT2D eigenvalue weighted by atomic mass is 79.9. The van der Waals surface area contributed by atoms with Gasteiger partial charge in [0, 0.05) is 10.4 Å². The van der Waals surface area contributed by atoms with E-state index in [0.717, 1.165) is 41.4 Å². The number of benzene rings is 1. The number of aryl methyl sites for hydroxylation is 1. The molecule has 0 bridgehead atoms. The average molecular weight is 311 g/mol. The van der Waals surface area contributed by atoms with Gasteiger partial charge in [-0.25, -0.2) is 0 Å². The van der Waals surface area contributed by atoms with Gasteiger partial charge < -0.3 is 11.1 Å². The van der Waals surface area contributed by atoms with Crippen molar-refractivity contribution in [2.24, 2.45) is 5.92 Å². The molecule has 4 heteroatoms. The van der Waals surface area contributed by atoms with Gasteiger partial charge in [0.05, 0.1) is 11.4 Å². The van der Waals surface area contributed by atoms with E-state index in [1.165, 1.54) is 6.42 Å². The smallest absolute Gasteiger partial charge is 0.227 e. The number of halogens is 1. The van der Waals surface area contributed by atoms with E-state index in [2.05, 4.69) is 21.2 Å². The van der Waals surface area contributed by atoms with Crippen molar-refractivity contribution >= 4 is 33.2 Å². The number of amides is 1. The third kappa shape index (κ3) is 3.05. The number of carbonyl (C=O) groups is 1. The van der Waals surface area contributed by atoms with Gasteiger partial charge in [0.25, 0.3) is 0 Å². The van der Waals surface area contributed by atoms with Crippen molar-refractivity contribution in [1.29, 1.82) is 0 Å². The fourth-order valence-electron chi connectivity index (χ4n) is 2.53. The van der Waals surface area contributed by atoms with E-state index in [0.29, 0.717) is 5.69 Å². The van der Waals surface area contributed by atoms with Gasteiger partial charge in [-0.05, 0) is 37.5 Å². The molecule has 1 amide bonds. The lowest BCUT2D eigenvalue weighted by atomic mass is 9.88. The number of hydrogen-bond donors (Lipinski definition) is 2. The Balaban J connectivity index is 2.11. The summed E-state index contributed by atoms with van der Waals surface area (Å²) in [6.07, 6.45) is 5.58. The van der Waals surface area contributed by atoms with Crippen LogP contribution in [0.3, 0.4) is 0 Å². The first-order valence-corrected chi connectivity index (χ1v) is 7.23. The van der Waals surface area contributed by atoms with Crippen LogP contribution in [0.5, 0.6) is 0 Å². The molecule has 1 aliphatic carbocycles. The van der Waals surface area contributed by atoms with Gasteiger partial charge in [0.1, 0.15) is 0 Å². The molecule has 3 N–H and O–H groups in total. The van der Waals surface area contributed by atoms with Crippen LogP contribution in [0.1, 0.15) is 37.7 Å². The fourth-order valence-corrected chi connectivity index (χ4v) is 3.12. The largest absolute Gasteiger partial charge is 0.397 e. The summed E-state index contributed by atoms with van der Waals surface area (Å²) in [4.78, 5) is 12.2. The van der Waals surface area contributed by atoms with Gasteiger partial charge in [-0.3, -0.25) is 4.79 Å². The summed E-state index contributed by atoms with van der Waals surface area (Å²) >= 11 is 3.40. The molecule has 0 radical (unpaired) electrons. The molecule has 0 aromatic heterocycles. The lowest BCUT2D eigenvalue weighted by Crippen LogP contribution is -2.25. The predicted octanol–water partition coefficient (Wildman–Crippen LogP) is 3.86. The number of anilines is 2. The molecule has 1 aromatic carbocycles. The Morgan fingerprint density at radius 3 is 2.61 bits per heavy atom. The summed E-state index contributed by atoms with van der Waals surface area (Å²) in [5, 5.41) is 2.99. The Morgan fingerprint density at radius 2 is 2.00 bits per heavy atom. The molecule has 1 aromatic rings. The van der Waals surface area contributed by atoms with Gasteiger partial charge in [-0.15, -0.1) is 0 Å². The molecule has 1 fully saturated rings. The molecule has 2 rings (SSSR count). The third-order valence-corrected chi connectivity index (χ3v) is 4.01. The maximum absolute atomic E-state index is 12.2. The van der Waals surface area contributed by atoms with Crippen LogP contribution in [0.25, 0.3) is 0 Å². The average Bonchev–Trinajstić information content (AvgIpc) is 2.34. The Kier molecular flexibility index (Phi) is 4.27. The lowest BCUT2D eigenvalue weighted by Gasteiger charge is -2.22. The summed E-state index contributed by atoms with van der Waals surface area (Å²) < 4.78 is 0.938. The van der Waals surface area contributed by atoms with Crippen LogP contribution in [-0.4, -0.2) is 5.91 Å². The SMILES string of the molecule is Cc1cc(Br)cc(N)c1NC(=O)C1CCCCC1. The van der Waals surface area contributed by atoms with Crippen LogP contribution in [0.15, 0.2) is 16.6 Å². The number of nitrogens with two attached hydrogens (primary N) is 1. The van der Waals surface area contributed by atoms with Gasteiger partial charge in [0.15, 0.2) is 0 Å². The molecule has 0 unspecified atom stereocenters. The van der Waals surface area contributed by atoms with Crippen molar-refractivity contribution in [2.45, 2.75) is 39.0 Å². The molecule has 1 saturated carbocycles. The molecule has 0 aliphatic heterocycles. The molecule has 0 heterocycles. The summed E-state index contributed by atoms with van der Waals surface area (Å²) in [5.74, 6) is 0.271. The van der Waals surface area contributed by atoms with Crippen LogP contribution in [-0.2, 0) is 4.79 Å². The number of carbonyl (C=O) groups excluding carboxylic acids is 1. The molecule has 18 heavy (non-hydrogen) atoms. The van der Waals surface area contributed by atoms with E-state index in [9.17, 15) is 4.79 Å². The van der Waals surface area contributed by atoms with E-state index in [1.807, 2.05) is 19.1 Å². The highest BCUT2D eigenvalue weighted by Crippen LogP contribution is 2.30. The second-order valence-corrected chi connectivity index (χ2v) is 5.93. The highest BCUT2D eigenvalue weighted by molar-refractivity contribution is 9.10. The molecule has 98 valence electrons. The van der Waals surface area contributed by atoms with Crippen LogP contribution in [0, 0.1) is 12.8 Å². The maximum atomic E-state index is 12.2. The number of hydrogen-bond acceptors (Lipinski definition) is 2. The number of nitrogens with one attached hydrogen (secondary N) is 1. The van der Waals surface area contributed by atoms with Crippen molar-refractivity contribution in [3.63, 3.8) is 0 Å². The lowest BCUT2D eigenvalue weighted by molar-refractivity contribution is -0.120. The monoisotopic (exact) mass is 310 g/mol. The minimum Gasteiger partial charge on any atom is -0.397 e. The number of rotatable bonds is 2. The van der Waals surface area contributed by atoms with Gasteiger partial charge in [0.2, 0.25) is 5.91 Å². The van der Waals surface area contributed by atoms with Gasteiger partial charge in [-0.1, -0.05) is 35.2 Å². The second kappa shape index (κ2) is 5.74. The maximum Gasteiger partial charge on any atom is 0.227 e.